The Labute approximate surface area is 145 Å². The zero-order chi connectivity index (χ0) is 17.8. The predicted molar refractivity (Wildman–Crippen MR) is 86.9 cm³/mol. The number of benzene rings is 1. The second-order valence-corrected chi connectivity index (χ2v) is 6.67. The molecule has 5 nitrogen and oxygen atoms in total. The van der Waals surface area contributed by atoms with Crippen molar-refractivity contribution in [1.82, 2.24) is 9.80 Å². The molecule has 1 aromatic rings. The Morgan fingerprint density at radius 3 is 2.80 bits per heavy atom. The number of likely N-dealkylation sites (tertiary alicyclic amines) is 1. The highest BCUT2D eigenvalue weighted by molar-refractivity contribution is 5.83. The molecular weight excluding hydrogens is 330 g/mol. The van der Waals surface area contributed by atoms with Gasteiger partial charge in [-0.3, -0.25) is 9.69 Å². The van der Waals surface area contributed by atoms with Crippen LogP contribution in [0.2, 0.25) is 0 Å². The van der Waals surface area contributed by atoms with E-state index in [1.807, 2.05) is 0 Å². The Balaban J connectivity index is 1.49. The van der Waals surface area contributed by atoms with Crippen molar-refractivity contribution in [3.63, 3.8) is 0 Å². The molecule has 0 unspecified atom stereocenters. The first-order chi connectivity index (χ1) is 12.0. The summed E-state index contributed by atoms with van der Waals surface area (Å²) in [6.45, 7) is 2.20. The number of rotatable bonds is 5. The van der Waals surface area contributed by atoms with Crippen LogP contribution in [0.4, 0.5) is 13.6 Å². The maximum Gasteiger partial charge on any atom is 0.410 e. The van der Waals surface area contributed by atoms with Gasteiger partial charge in [0.1, 0.15) is 13.2 Å². The lowest BCUT2D eigenvalue weighted by atomic mass is 9.91. The van der Waals surface area contributed by atoms with Gasteiger partial charge in [-0.25, -0.2) is 13.6 Å². The maximum atomic E-state index is 13.3. The minimum Gasteiger partial charge on any atom is -0.448 e. The third-order valence-electron chi connectivity index (χ3n) is 4.87. The number of aryl methyl sites for hydroxylation is 1. The van der Waals surface area contributed by atoms with Gasteiger partial charge in [-0.15, -0.1) is 0 Å². The van der Waals surface area contributed by atoms with Gasteiger partial charge in [0, 0.05) is 13.1 Å². The first-order valence-corrected chi connectivity index (χ1v) is 8.66. The van der Waals surface area contributed by atoms with Gasteiger partial charge >= 0.3 is 6.09 Å². The van der Waals surface area contributed by atoms with E-state index in [1.54, 1.807) is 11.0 Å². The summed E-state index contributed by atoms with van der Waals surface area (Å²) in [5.41, 5.74) is 0.766. The number of halogens is 2. The van der Waals surface area contributed by atoms with Crippen LogP contribution < -0.4 is 0 Å². The fourth-order valence-electron chi connectivity index (χ4n) is 3.43. The first kappa shape index (κ1) is 17.6. The molecule has 2 fully saturated rings. The second-order valence-electron chi connectivity index (χ2n) is 6.67. The van der Waals surface area contributed by atoms with E-state index in [0.29, 0.717) is 38.6 Å². The van der Waals surface area contributed by atoms with Crippen LogP contribution >= 0.6 is 0 Å². The molecule has 2 aliphatic rings. The lowest BCUT2D eigenvalue weighted by Crippen LogP contribution is -2.45. The molecule has 1 aromatic carbocycles. The molecule has 25 heavy (non-hydrogen) atoms. The predicted octanol–water partition coefficient (Wildman–Crippen LogP) is 2.59. The molecule has 3 rings (SSSR count). The average molecular weight is 352 g/mol. The fraction of sp³-hybridized carbons (Fsp3) is 0.556. The Morgan fingerprint density at radius 1 is 1.24 bits per heavy atom. The van der Waals surface area contributed by atoms with Crippen LogP contribution in [0.3, 0.4) is 0 Å². The number of ether oxygens (including phenoxy) is 1. The van der Waals surface area contributed by atoms with Crippen LogP contribution in [-0.2, 0) is 16.0 Å². The van der Waals surface area contributed by atoms with E-state index in [0.717, 1.165) is 30.9 Å². The molecule has 0 N–H and O–H groups in total. The minimum atomic E-state index is -0.835. The van der Waals surface area contributed by atoms with Crippen LogP contribution in [0.25, 0.3) is 0 Å². The summed E-state index contributed by atoms with van der Waals surface area (Å²) >= 11 is 0. The van der Waals surface area contributed by atoms with E-state index in [-0.39, 0.29) is 12.5 Å². The van der Waals surface area contributed by atoms with Crippen molar-refractivity contribution in [2.45, 2.75) is 25.7 Å². The quantitative estimate of drug-likeness (QED) is 0.818. The van der Waals surface area contributed by atoms with Gasteiger partial charge in [-0.1, -0.05) is 6.07 Å². The highest BCUT2D eigenvalue weighted by Gasteiger charge is 2.29. The molecule has 0 saturated carbocycles. The number of nitrogens with zero attached hydrogens (tertiary/aromatic N) is 2. The third-order valence-corrected chi connectivity index (χ3v) is 4.87. The maximum absolute atomic E-state index is 13.3. The lowest BCUT2D eigenvalue weighted by Gasteiger charge is -2.33. The lowest BCUT2D eigenvalue weighted by molar-refractivity contribution is -0.133. The van der Waals surface area contributed by atoms with Gasteiger partial charge in [0.25, 0.3) is 0 Å². The number of hydrogen-bond acceptors (Lipinski definition) is 3. The third kappa shape index (κ3) is 4.46. The highest BCUT2D eigenvalue weighted by Crippen LogP contribution is 2.22. The van der Waals surface area contributed by atoms with Gasteiger partial charge in [0.15, 0.2) is 11.6 Å². The number of cyclic esters (lactones) is 1. The van der Waals surface area contributed by atoms with E-state index >= 15 is 0 Å². The fourth-order valence-corrected chi connectivity index (χ4v) is 3.43. The van der Waals surface area contributed by atoms with E-state index in [4.69, 9.17) is 4.74 Å². The summed E-state index contributed by atoms with van der Waals surface area (Å²) in [6.07, 6.45) is 2.97. The molecular formula is C18H22F2N2O3. The molecule has 136 valence electrons. The smallest absolute Gasteiger partial charge is 0.410 e. The van der Waals surface area contributed by atoms with E-state index in [9.17, 15) is 18.4 Å². The monoisotopic (exact) mass is 352 g/mol. The van der Waals surface area contributed by atoms with Crippen molar-refractivity contribution < 1.29 is 23.1 Å². The van der Waals surface area contributed by atoms with Gasteiger partial charge in [-0.05, 0) is 49.3 Å². The number of amides is 2. The number of carbonyl (C=O) groups excluding carboxylic acids is 2. The van der Waals surface area contributed by atoms with Gasteiger partial charge in [0.05, 0.1) is 6.54 Å². The Kier molecular flexibility index (Phi) is 5.50. The molecule has 0 aromatic heterocycles. The zero-order valence-electron chi connectivity index (χ0n) is 14.0. The summed E-state index contributed by atoms with van der Waals surface area (Å²) in [4.78, 5) is 27.1. The Hall–Kier alpha value is -2.18. The van der Waals surface area contributed by atoms with Crippen LogP contribution in [-0.4, -0.2) is 54.6 Å². The van der Waals surface area contributed by atoms with Crippen molar-refractivity contribution in [2.75, 3.05) is 32.8 Å². The molecule has 0 radical (unpaired) electrons. The van der Waals surface area contributed by atoms with Crippen LogP contribution in [0.1, 0.15) is 24.8 Å². The van der Waals surface area contributed by atoms with Crippen LogP contribution in [0.5, 0.6) is 0 Å². The van der Waals surface area contributed by atoms with Gasteiger partial charge < -0.3 is 9.64 Å². The van der Waals surface area contributed by atoms with E-state index < -0.39 is 17.7 Å². The molecule has 0 bridgehead atoms. The summed E-state index contributed by atoms with van der Waals surface area (Å²) in [6, 6.07) is 3.99. The van der Waals surface area contributed by atoms with Crippen LogP contribution in [0.15, 0.2) is 18.2 Å². The SMILES string of the molecule is O=C(CN1CCOC1=O)N1CCC[C@H](CCc2ccc(F)c(F)c2)C1. The van der Waals surface area contributed by atoms with Crippen molar-refractivity contribution in [1.29, 1.82) is 0 Å². The Morgan fingerprint density at radius 2 is 2.08 bits per heavy atom. The number of carbonyl (C=O) groups is 2. The summed E-state index contributed by atoms with van der Waals surface area (Å²) in [5, 5.41) is 0. The van der Waals surface area contributed by atoms with Gasteiger partial charge in [0.2, 0.25) is 5.91 Å². The largest absolute Gasteiger partial charge is 0.448 e. The second kappa shape index (κ2) is 7.80. The zero-order valence-corrected chi connectivity index (χ0v) is 14.0. The van der Waals surface area contributed by atoms with Crippen LogP contribution in [0, 0.1) is 17.6 Å². The van der Waals surface area contributed by atoms with Crippen molar-refractivity contribution in [2.24, 2.45) is 5.92 Å². The molecule has 2 heterocycles. The van der Waals surface area contributed by atoms with Crippen molar-refractivity contribution in [3.05, 3.63) is 35.4 Å². The van der Waals surface area contributed by atoms with Gasteiger partial charge in [-0.2, -0.15) is 0 Å². The topological polar surface area (TPSA) is 49.9 Å². The molecule has 2 saturated heterocycles. The molecule has 7 heteroatoms. The summed E-state index contributed by atoms with van der Waals surface area (Å²) < 4.78 is 31.1. The van der Waals surface area contributed by atoms with Crippen molar-refractivity contribution >= 4 is 12.0 Å². The average Bonchev–Trinajstić information content (AvgIpc) is 3.01. The molecule has 0 aliphatic carbocycles. The normalized spacial score (nSPS) is 20.7. The molecule has 0 spiro atoms. The number of hydrogen-bond donors (Lipinski definition) is 0. The number of piperidine rings is 1. The molecule has 1 atom stereocenters. The van der Waals surface area contributed by atoms with E-state index in [1.165, 1.54) is 11.0 Å². The van der Waals surface area contributed by atoms with Crippen molar-refractivity contribution in [3.8, 4) is 0 Å². The summed E-state index contributed by atoms with van der Waals surface area (Å²) in [5.74, 6) is -1.39. The minimum absolute atomic E-state index is 0.0589. The first-order valence-electron chi connectivity index (χ1n) is 8.66. The Bertz CT molecular complexity index is 653. The molecule has 2 aliphatic heterocycles. The standard InChI is InChI=1S/C18H22F2N2O3/c19-15-6-5-13(10-16(15)20)3-4-14-2-1-7-21(11-14)17(23)12-22-8-9-25-18(22)24/h5-6,10,14H,1-4,7-9,11-12H2/t14-/m1/s1. The van der Waals surface area contributed by atoms with E-state index in [2.05, 4.69) is 0 Å². The summed E-state index contributed by atoms with van der Waals surface area (Å²) in [7, 11) is 0. The molecule has 2 amide bonds. The highest BCUT2D eigenvalue weighted by atomic mass is 19.2.